The number of fused-ring (bicyclic) bond motifs is 6. The molecule has 0 unspecified atom stereocenters. The third kappa shape index (κ3) is 6.19. The van der Waals surface area contributed by atoms with Gasteiger partial charge in [-0.25, -0.2) is 24.9 Å². The van der Waals surface area contributed by atoms with Crippen molar-refractivity contribution in [2.45, 2.75) is 0 Å². The highest BCUT2D eigenvalue weighted by Crippen LogP contribution is 2.41. The third-order valence-electron chi connectivity index (χ3n) is 11.8. The van der Waals surface area contributed by atoms with Crippen molar-refractivity contribution in [3.05, 3.63) is 212 Å². The zero-order valence-corrected chi connectivity index (χ0v) is 34.2. The molecule has 0 saturated carbocycles. The highest BCUT2D eigenvalue weighted by Gasteiger charge is 2.22. The van der Waals surface area contributed by atoms with Crippen LogP contribution in [0.4, 0.5) is 0 Å². The van der Waals surface area contributed by atoms with Crippen LogP contribution in [0.3, 0.4) is 0 Å². The number of benzene rings is 8. The van der Waals surface area contributed by atoms with Gasteiger partial charge in [0.1, 0.15) is 11.9 Å². The van der Waals surface area contributed by atoms with Gasteiger partial charge < -0.3 is 4.57 Å². The maximum atomic E-state index is 11.0. The van der Waals surface area contributed by atoms with Crippen LogP contribution in [0, 0.1) is 11.3 Å². The van der Waals surface area contributed by atoms with Crippen molar-refractivity contribution in [1.82, 2.24) is 34.1 Å². The van der Waals surface area contributed by atoms with Gasteiger partial charge in [0.15, 0.2) is 23.3 Å². The van der Waals surface area contributed by atoms with Crippen LogP contribution in [-0.2, 0) is 0 Å². The van der Waals surface area contributed by atoms with Crippen molar-refractivity contribution in [2.75, 3.05) is 0 Å². The van der Waals surface area contributed by atoms with Crippen molar-refractivity contribution < 1.29 is 0 Å². The summed E-state index contributed by atoms with van der Waals surface area (Å²) in [7, 11) is 0. The molecule has 0 bridgehead atoms. The molecule has 0 saturated heterocycles. The second kappa shape index (κ2) is 15.1. The maximum Gasteiger partial charge on any atom is 0.164 e. The quantitative estimate of drug-likeness (QED) is 0.159. The topological polar surface area (TPSA) is 98.1 Å². The first-order valence-electron chi connectivity index (χ1n) is 21.1. The zero-order chi connectivity index (χ0) is 42.6. The van der Waals surface area contributed by atoms with Crippen molar-refractivity contribution in [2.24, 2.45) is 0 Å². The second-order valence-corrected chi connectivity index (χ2v) is 15.6. The van der Waals surface area contributed by atoms with E-state index < -0.39 is 0 Å². The summed E-state index contributed by atoms with van der Waals surface area (Å²) >= 11 is 0. The standard InChI is InChI=1S/C56H34N8/c57-35-41-31-40(56-61-54(38-21-9-3-10-22-38)60-55(62-56)39-23-11-4-12-24-39)29-30-47(41)63-48-27-15-13-25-42(48)44-32-45-43-26-14-16-28-49(43)64(51(45)34-50(44)63)52-33-46(36-17-5-1-6-18-36)58-53(59-52)37-19-7-2-8-20-37/h1-34H. The molecule has 0 aliphatic rings. The SMILES string of the molecule is N#Cc1cc(-c2nc(-c3ccccc3)nc(-c3ccccc3)n2)ccc1-n1c2ccccc2c2cc3c4ccccc4n(-c4cc(-c5ccccc5)nc(-c5ccccc5)n4)c3cc21. The molecule has 0 radical (unpaired) electrons. The number of hydrogen-bond donors (Lipinski definition) is 0. The van der Waals surface area contributed by atoms with E-state index in [1.165, 1.54) is 0 Å². The van der Waals surface area contributed by atoms with E-state index in [4.69, 9.17) is 24.9 Å². The molecule has 0 spiro atoms. The zero-order valence-electron chi connectivity index (χ0n) is 34.2. The summed E-state index contributed by atoms with van der Waals surface area (Å²) in [5.41, 5.74) is 10.4. The Hall–Kier alpha value is -9.06. The van der Waals surface area contributed by atoms with Crippen molar-refractivity contribution in [1.29, 1.82) is 5.26 Å². The van der Waals surface area contributed by atoms with E-state index in [1.54, 1.807) is 0 Å². The molecule has 0 atom stereocenters. The first kappa shape index (κ1) is 36.8. The fraction of sp³-hybridized carbons (Fsp3) is 0. The van der Waals surface area contributed by atoms with Gasteiger partial charge in [-0.1, -0.05) is 158 Å². The van der Waals surface area contributed by atoms with E-state index in [0.717, 1.165) is 83.1 Å². The molecule has 8 aromatic carbocycles. The van der Waals surface area contributed by atoms with Gasteiger partial charge in [-0.15, -0.1) is 0 Å². The number of para-hydroxylation sites is 2. The number of rotatable bonds is 7. The Morgan fingerprint density at radius 1 is 0.328 bits per heavy atom. The van der Waals surface area contributed by atoms with Crippen LogP contribution >= 0.6 is 0 Å². The van der Waals surface area contributed by atoms with Gasteiger partial charge in [0.05, 0.1) is 39.0 Å². The van der Waals surface area contributed by atoms with E-state index in [9.17, 15) is 5.26 Å². The molecule has 0 aliphatic heterocycles. The van der Waals surface area contributed by atoms with Crippen LogP contribution in [0.5, 0.6) is 0 Å². The maximum absolute atomic E-state index is 11.0. The predicted molar refractivity (Wildman–Crippen MR) is 256 cm³/mol. The summed E-state index contributed by atoms with van der Waals surface area (Å²) in [6, 6.07) is 72.1. The molecule has 12 aromatic rings. The summed E-state index contributed by atoms with van der Waals surface area (Å²) in [5, 5.41) is 15.3. The van der Waals surface area contributed by atoms with Crippen molar-refractivity contribution in [3.63, 3.8) is 0 Å². The molecule has 298 valence electrons. The average molecular weight is 819 g/mol. The van der Waals surface area contributed by atoms with Gasteiger partial charge in [0.25, 0.3) is 0 Å². The van der Waals surface area contributed by atoms with Crippen LogP contribution in [0.15, 0.2) is 206 Å². The van der Waals surface area contributed by atoms with Gasteiger partial charge >= 0.3 is 0 Å². The lowest BCUT2D eigenvalue weighted by atomic mass is 10.1. The summed E-state index contributed by atoms with van der Waals surface area (Å²) in [4.78, 5) is 25.2. The molecular weight excluding hydrogens is 785 g/mol. The molecule has 8 nitrogen and oxygen atoms in total. The number of nitrogens with zero attached hydrogens (tertiary/aromatic N) is 8. The van der Waals surface area contributed by atoms with Crippen LogP contribution < -0.4 is 0 Å². The third-order valence-corrected chi connectivity index (χ3v) is 11.8. The first-order chi connectivity index (χ1) is 31.7. The Bertz CT molecular complexity index is 3660. The molecule has 0 fully saturated rings. The monoisotopic (exact) mass is 818 g/mol. The van der Waals surface area contributed by atoms with E-state index in [0.29, 0.717) is 34.4 Å². The molecule has 4 heterocycles. The lowest BCUT2D eigenvalue weighted by Crippen LogP contribution is -2.03. The van der Waals surface area contributed by atoms with E-state index >= 15 is 0 Å². The normalized spacial score (nSPS) is 11.4. The Morgan fingerprint density at radius 2 is 0.781 bits per heavy atom. The summed E-state index contributed by atoms with van der Waals surface area (Å²) in [6.07, 6.45) is 0. The van der Waals surface area contributed by atoms with E-state index in [1.807, 2.05) is 133 Å². The minimum atomic E-state index is 0.485. The molecule has 0 N–H and O–H groups in total. The summed E-state index contributed by atoms with van der Waals surface area (Å²) in [5.74, 6) is 3.00. The predicted octanol–water partition coefficient (Wildman–Crippen LogP) is 13.1. The average Bonchev–Trinajstić information content (AvgIpc) is 3.88. The lowest BCUT2D eigenvalue weighted by Gasteiger charge is -2.14. The minimum Gasteiger partial charge on any atom is -0.308 e. The van der Waals surface area contributed by atoms with Crippen LogP contribution in [0.1, 0.15) is 5.56 Å². The number of nitriles is 1. The Balaban J connectivity index is 1.09. The lowest BCUT2D eigenvalue weighted by molar-refractivity contribution is 1.05. The van der Waals surface area contributed by atoms with Gasteiger partial charge in [0.2, 0.25) is 0 Å². The van der Waals surface area contributed by atoms with Crippen LogP contribution in [0.25, 0.3) is 112 Å². The Labute approximate surface area is 367 Å². The molecule has 64 heavy (non-hydrogen) atoms. The number of aromatic nitrogens is 7. The van der Waals surface area contributed by atoms with Crippen LogP contribution in [-0.4, -0.2) is 34.1 Å². The van der Waals surface area contributed by atoms with E-state index in [2.05, 4.69) is 88.0 Å². The minimum absolute atomic E-state index is 0.485. The van der Waals surface area contributed by atoms with Crippen LogP contribution in [0.2, 0.25) is 0 Å². The fourth-order valence-electron chi connectivity index (χ4n) is 8.86. The molecule has 0 amide bonds. The molecule has 0 aliphatic carbocycles. The molecular formula is C56H34N8. The smallest absolute Gasteiger partial charge is 0.164 e. The second-order valence-electron chi connectivity index (χ2n) is 15.6. The van der Waals surface area contributed by atoms with Gasteiger partial charge in [-0.3, -0.25) is 4.57 Å². The number of hydrogen-bond acceptors (Lipinski definition) is 6. The molecule has 4 aromatic heterocycles. The molecule has 12 rings (SSSR count). The van der Waals surface area contributed by atoms with Gasteiger partial charge in [-0.05, 0) is 42.5 Å². The summed E-state index contributed by atoms with van der Waals surface area (Å²) in [6.45, 7) is 0. The largest absolute Gasteiger partial charge is 0.308 e. The molecule has 8 heteroatoms. The first-order valence-corrected chi connectivity index (χ1v) is 21.1. The van der Waals surface area contributed by atoms with E-state index in [-0.39, 0.29) is 0 Å². The van der Waals surface area contributed by atoms with Gasteiger partial charge in [0, 0.05) is 55.4 Å². The Kier molecular flexibility index (Phi) is 8.69. The Morgan fingerprint density at radius 3 is 1.33 bits per heavy atom. The van der Waals surface area contributed by atoms with Crippen molar-refractivity contribution >= 4 is 43.6 Å². The van der Waals surface area contributed by atoms with Crippen molar-refractivity contribution in [3.8, 4) is 74.4 Å². The van der Waals surface area contributed by atoms with Gasteiger partial charge in [-0.2, -0.15) is 5.26 Å². The fourth-order valence-corrected chi connectivity index (χ4v) is 8.86. The highest BCUT2D eigenvalue weighted by atomic mass is 15.1. The highest BCUT2D eigenvalue weighted by molar-refractivity contribution is 6.19. The summed E-state index contributed by atoms with van der Waals surface area (Å²) < 4.78 is 4.45.